The number of hydrogen-bond donors (Lipinski definition) is 2. The molecule has 168 valence electrons. The van der Waals surface area contributed by atoms with Gasteiger partial charge in [-0.15, -0.1) is 24.0 Å². The number of nitrogens with one attached hydrogen (secondary N) is 2. The van der Waals surface area contributed by atoms with E-state index in [-0.39, 0.29) is 35.9 Å². The van der Waals surface area contributed by atoms with Crippen LogP contribution in [0.5, 0.6) is 0 Å². The van der Waals surface area contributed by atoms with E-state index in [9.17, 15) is 4.79 Å². The Morgan fingerprint density at radius 2 is 1.97 bits per heavy atom. The van der Waals surface area contributed by atoms with Crippen molar-refractivity contribution in [3.8, 4) is 0 Å². The van der Waals surface area contributed by atoms with Gasteiger partial charge in [0, 0.05) is 51.0 Å². The molecule has 0 radical (unpaired) electrons. The van der Waals surface area contributed by atoms with Crippen LogP contribution < -0.4 is 10.6 Å². The highest BCUT2D eigenvalue weighted by atomic mass is 127. The number of hydrogen-bond acceptors (Lipinski definition) is 3. The van der Waals surface area contributed by atoms with E-state index in [1.807, 2.05) is 23.4 Å². The average Bonchev–Trinajstić information content (AvgIpc) is 3.54. The van der Waals surface area contributed by atoms with E-state index < -0.39 is 0 Å². The highest BCUT2D eigenvalue weighted by molar-refractivity contribution is 14.0. The van der Waals surface area contributed by atoms with E-state index in [1.54, 1.807) is 7.05 Å². The molecule has 2 aliphatic rings. The third kappa shape index (κ3) is 6.21. The number of imidazole rings is 1. The van der Waals surface area contributed by atoms with Crippen LogP contribution in [-0.4, -0.2) is 52.5 Å². The summed E-state index contributed by atoms with van der Waals surface area (Å²) in [5, 5.41) is 6.86. The third-order valence-electron chi connectivity index (χ3n) is 6.18. The number of nitrogens with zero attached hydrogens (tertiary/aromatic N) is 4. The van der Waals surface area contributed by atoms with Crippen molar-refractivity contribution in [3.05, 3.63) is 54.1 Å². The van der Waals surface area contributed by atoms with Crippen molar-refractivity contribution in [3.63, 3.8) is 0 Å². The highest BCUT2D eigenvalue weighted by Gasteiger charge is 2.32. The Kier molecular flexibility index (Phi) is 8.74. The summed E-state index contributed by atoms with van der Waals surface area (Å²) in [6, 6.07) is 10.6. The molecular formula is C23H33IN6O. The van der Waals surface area contributed by atoms with E-state index in [0.29, 0.717) is 12.5 Å². The quantitative estimate of drug-likeness (QED) is 0.338. The number of guanidine groups is 1. The molecule has 1 aliphatic heterocycles. The molecule has 8 heteroatoms. The molecular weight excluding hydrogens is 503 g/mol. The van der Waals surface area contributed by atoms with Crippen LogP contribution in [0.3, 0.4) is 0 Å². The summed E-state index contributed by atoms with van der Waals surface area (Å²) in [5.41, 5.74) is 1.25. The first-order valence-electron chi connectivity index (χ1n) is 11.0. The van der Waals surface area contributed by atoms with E-state index in [2.05, 4.69) is 49.4 Å². The van der Waals surface area contributed by atoms with Gasteiger partial charge in [-0.05, 0) is 24.8 Å². The first kappa shape index (κ1) is 23.6. The van der Waals surface area contributed by atoms with Crippen molar-refractivity contribution in [2.75, 3.05) is 20.1 Å². The number of amides is 1. The Balaban J connectivity index is 0.00000272. The summed E-state index contributed by atoms with van der Waals surface area (Å²) in [7, 11) is 1.78. The van der Waals surface area contributed by atoms with Crippen LogP contribution in [0.1, 0.15) is 43.5 Å². The molecule has 1 atom stereocenters. The SMILES string of the molecule is CN=C(NCc1nccn1Cc1ccccc1)NC1CCN(C(=O)C2CCCC2)C1.I. The van der Waals surface area contributed by atoms with Crippen LogP contribution in [0.2, 0.25) is 0 Å². The zero-order valence-corrected chi connectivity index (χ0v) is 20.5. The lowest BCUT2D eigenvalue weighted by Crippen LogP contribution is -2.45. The number of halogens is 1. The van der Waals surface area contributed by atoms with Crippen LogP contribution in [0.25, 0.3) is 0 Å². The second-order valence-corrected chi connectivity index (χ2v) is 8.28. The molecule has 1 saturated heterocycles. The van der Waals surface area contributed by atoms with Gasteiger partial charge >= 0.3 is 0 Å². The molecule has 7 nitrogen and oxygen atoms in total. The molecule has 1 unspecified atom stereocenters. The Labute approximate surface area is 201 Å². The number of aromatic nitrogens is 2. The summed E-state index contributed by atoms with van der Waals surface area (Å²) in [5.74, 6) is 2.32. The normalized spacial score (nSPS) is 19.3. The number of benzene rings is 1. The standard InChI is InChI=1S/C23H32N6O.HI/c1-24-23(27-20-11-13-29(17-20)22(30)19-9-5-6-10-19)26-15-21-25-12-14-28(21)16-18-7-3-2-4-8-18;/h2-4,7-8,12,14,19-20H,5-6,9-11,13,15-17H2,1H3,(H2,24,26,27);1H. The number of aliphatic imine (C=N–C) groups is 1. The topological polar surface area (TPSA) is 74.6 Å². The lowest BCUT2D eigenvalue weighted by atomic mass is 10.1. The Morgan fingerprint density at radius 1 is 1.19 bits per heavy atom. The second-order valence-electron chi connectivity index (χ2n) is 8.28. The summed E-state index contributed by atoms with van der Waals surface area (Å²) >= 11 is 0. The first-order chi connectivity index (χ1) is 14.7. The molecule has 2 N–H and O–H groups in total. The van der Waals surface area contributed by atoms with Gasteiger partial charge in [0.05, 0.1) is 6.54 Å². The number of likely N-dealkylation sites (tertiary alicyclic amines) is 1. The Hall–Kier alpha value is -2.10. The molecule has 0 spiro atoms. The maximum absolute atomic E-state index is 12.7. The van der Waals surface area contributed by atoms with Gasteiger partial charge < -0.3 is 20.1 Å². The van der Waals surface area contributed by atoms with Gasteiger partial charge in [-0.25, -0.2) is 4.98 Å². The summed E-state index contributed by atoms with van der Waals surface area (Å²) in [6.45, 7) is 2.99. The zero-order valence-electron chi connectivity index (χ0n) is 18.2. The van der Waals surface area contributed by atoms with Crippen LogP contribution in [0.4, 0.5) is 0 Å². The summed E-state index contributed by atoms with van der Waals surface area (Å²) in [6.07, 6.45) is 9.31. The molecule has 4 rings (SSSR count). The van der Waals surface area contributed by atoms with Crippen molar-refractivity contribution >= 4 is 35.8 Å². The molecule has 2 heterocycles. The minimum Gasteiger partial charge on any atom is -0.352 e. The summed E-state index contributed by atoms with van der Waals surface area (Å²) < 4.78 is 2.15. The van der Waals surface area contributed by atoms with Gasteiger partial charge in [-0.2, -0.15) is 0 Å². The van der Waals surface area contributed by atoms with Crippen molar-refractivity contribution in [2.24, 2.45) is 10.9 Å². The van der Waals surface area contributed by atoms with Gasteiger partial charge in [-0.1, -0.05) is 43.2 Å². The molecule has 2 aromatic rings. The fourth-order valence-corrected chi connectivity index (χ4v) is 4.49. The Bertz CT molecular complexity index is 862. The van der Waals surface area contributed by atoms with E-state index >= 15 is 0 Å². The smallest absolute Gasteiger partial charge is 0.225 e. The van der Waals surface area contributed by atoms with Crippen LogP contribution >= 0.6 is 24.0 Å². The minimum atomic E-state index is 0. The van der Waals surface area contributed by atoms with Crippen molar-refractivity contribution in [1.82, 2.24) is 25.1 Å². The van der Waals surface area contributed by atoms with E-state index in [1.165, 1.54) is 18.4 Å². The van der Waals surface area contributed by atoms with Crippen LogP contribution in [-0.2, 0) is 17.9 Å². The molecule has 1 aliphatic carbocycles. The predicted octanol–water partition coefficient (Wildman–Crippen LogP) is 3.01. The first-order valence-corrected chi connectivity index (χ1v) is 11.0. The van der Waals surface area contributed by atoms with E-state index in [4.69, 9.17) is 0 Å². The highest BCUT2D eigenvalue weighted by Crippen LogP contribution is 2.27. The monoisotopic (exact) mass is 536 g/mol. The minimum absolute atomic E-state index is 0. The van der Waals surface area contributed by atoms with E-state index in [0.717, 1.165) is 50.7 Å². The average molecular weight is 536 g/mol. The summed E-state index contributed by atoms with van der Waals surface area (Å²) in [4.78, 5) is 23.6. The van der Waals surface area contributed by atoms with Gasteiger partial charge in [0.1, 0.15) is 5.82 Å². The zero-order chi connectivity index (χ0) is 20.8. The fourth-order valence-electron chi connectivity index (χ4n) is 4.49. The molecule has 2 fully saturated rings. The van der Waals surface area contributed by atoms with Crippen LogP contribution in [0.15, 0.2) is 47.7 Å². The van der Waals surface area contributed by atoms with Gasteiger partial charge in [-0.3, -0.25) is 9.79 Å². The molecule has 31 heavy (non-hydrogen) atoms. The predicted molar refractivity (Wildman–Crippen MR) is 133 cm³/mol. The van der Waals surface area contributed by atoms with Crippen molar-refractivity contribution < 1.29 is 4.79 Å². The van der Waals surface area contributed by atoms with Crippen molar-refractivity contribution in [1.29, 1.82) is 0 Å². The number of carbonyl (C=O) groups excluding carboxylic acids is 1. The van der Waals surface area contributed by atoms with Crippen molar-refractivity contribution in [2.45, 2.75) is 51.2 Å². The molecule has 1 amide bonds. The second kappa shape index (κ2) is 11.5. The van der Waals surface area contributed by atoms with Gasteiger partial charge in [0.25, 0.3) is 0 Å². The molecule has 1 saturated carbocycles. The lowest BCUT2D eigenvalue weighted by Gasteiger charge is -2.21. The number of rotatable bonds is 6. The van der Waals surface area contributed by atoms with Gasteiger partial charge in [0.15, 0.2) is 5.96 Å². The Morgan fingerprint density at radius 3 is 2.71 bits per heavy atom. The maximum Gasteiger partial charge on any atom is 0.225 e. The maximum atomic E-state index is 12.7. The molecule has 1 aromatic heterocycles. The molecule has 1 aromatic carbocycles. The molecule has 0 bridgehead atoms. The third-order valence-corrected chi connectivity index (χ3v) is 6.18. The van der Waals surface area contributed by atoms with Gasteiger partial charge in [0.2, 0.25) is 5.91 Å². The largest absolute Gasteiger partial charge is 0.352 e. The number of carbonyl (C=O) groups is 1. The fraction of sp³-hybridized carbons (Fsp3) is 0.522. The van der Waals surface area contributed by atoms with Crippen LogP contribution in [0, 0.1) is 5.92 Å². The lowest BCUT2D eigenvalue weighted by molar-refractivity contribution is -0.134.